The van der Waals surface area contributed by atoms with E-state index in [2.05, 4.69) is 0 Å². The molecule has 0 aromatic rings. The van der Waals surface area contributed by atoms with E-state index >= 15 is 0 Å². The van der Waals surface area contributed by atoms with Gasteiger partial charge in [-0.15, -0.1) is 0 Å². The van der Waals surface area contributed by atoms with Crippen molar-refractivity contribution in [2.45, 2.75) is 50.7 Å². The second-order valence-electron chi connectivity index (χ2n) is 7.01. The molecule has 2 saturated carbocycles. The Labute approximate surface area is 123 Å². The summed E-state index contributed by atoms with van der Waals surface area (Å²) in [7, 11) is 0. The quantitative estimate of drug-likeness (QED) is 0.809. The molecule has 3 aliphatic rings. The number of amides is 1. The molecule has 0 aromatic heterocycles. The first kappa shape index (κ1) is 15.1. The van der Waals surface area contributed by atoms with Gasteiger partial charge in [0.15, 0.2) is 0 Å². The lowest BCUT2D eigenvalue weighted by molar-refractivity contribution is -0.187. The molecule has 3 nitrogen and oxygen atoms in total. The lowest BCUT2D eigenvalue weighted by Gasteiger charge is -2.32. The topological polar surface area (TPSA) is 46.3 Å². The number of hydrogen-bond donors (Lipinski definition) is 1. The average molecular weight is 304 g/mol. The number of likely N-dealkylation sites (tertiary alicyclic amines) is 1. The summed E-state index contributed by atoms with van der Waals surface area (Å²) < 4.78 is 38.6. The summed E-state index contributed by atoms with van der Waals surface area (Å²) in [5.74, 6) is -0.988. The number of nitrogens with two attached hydrogens (primary N) is 1. The van der Waals surface area contributed by atoms with Gasteiger partial charge < -0.3 is 10.6 Å². The lowest BCUT2D eigenvalue weighted by atomic mass is 9.80. The zero-order valence-electron chi connectivity index (χ0n) is 12.1. The molecule has 1 aliphatic heterocycles. The Kier molecular flexibility index (Phi) is 3.93. The summed E-state index contributed by atoms with van der Waals surface area (Å²) in [6, 6.07) is 0.155. The molecule has 120 valence electrons. The minimum Gasteiger partial charge on any atom is -0.342 e. The molecular weight excluding hydrogens is 281 g/mol. The van der Waals surface area contributed by atoms with Gasteiger partial charge in [-0.2, -0.15) is 13.2 Å². The number of nitrogens with zero attached hydrogens (tertiary/aromatic N) is 1. The van der Waals surface area contributed by atoms with Gasteiger partial charge in [-0.1, -0.05) is 6.42 Å². The highest BCUT2D eigenvalue weighted by Gasteiger charge is 2.47. The highest BCUT2D eigenvalue weighted by Crippen LogP contribution is 2.42. The summed E-state index contributed by atoms with van der Waals surface area (Å²) in [5.41, 5.74) is 6.05. The molecule has 1 amide bonds. The zero-order chi connectivity index (χ0) is 15.2. The van der Waals surface area contributed by atoms with Crippen LogP contribution in [0.1, 0.15) is 38.5 Å². The molecule has 0 bridgehead atoms. The predicted octanol–water partition coefficient (Wildman–Crippen LogP) is 2.55. The summed E-state index contributed by atoms with van der Waals surface area (Å²) in [5, 5.41) is 0. The molecule has 0 spiro atoms. The molecule has 0 radical (unpaired) electrons. The van der Waals surface area contributed by atoms with Gasteiger partial charge in [0, 0.05) is 25.0 Å². The normalized spacial score (nSPS) is 40.4. The van der Waals surface area contributed by atoms with E-state index in [1.54, 1.807) is 4.90 Å². The number of hydrogen-bond acceptors (Lipinski definition) is 2. The predicted molar refractivity (Wildman–Crippen MR) is 72.3 cm³/mol. The fraction of sp³-hybridized carbons (Fsp3) is 0.933. The second kappa shape index (κ2) is 5.45. The van der Waals surface area contributed by atoms with Crippen molar-refractivity contribution in [1.29, 1.82) is 0 Å². The second-order valence-corrected chi connectivity index (χ2v) is 7.01. The van der Waals surface area contributed by atoms with Crippen molar-refractivity contribution in [1.82, 2.24) is 4.90 Å². The summed E-state index contributed by atoms with van der Waals surface area (Å²) in [6.07, 6.45) is -0.862. The highest BCUT2D eigenvalue weighted by atomic mass is 19.4. The highest BCUT2D eigenvalue weighted by molar-refractivity contribution is 5.79. The van der Waals surface area contributed by atoms with Crippen LogP contribution < -0.4 is 5.73 Å². The number of halogens is 3. The van der Waals surface area contributed by atoms with Gasteiger partial charge in [-0.25, -0.2) is 0 Å². The molecule has 3 rings (SSSR count). The Morgan fingerprint density at radius 3 is 2.52 bits per heavy atom. The molecule has 6 heteroatoms. The van der Waals surface area contributed by atoms with Crippen LogP contribution in [-0.4, -0.2) is 36.1 Å². The van der Waals surface area contributed by atoms with E-state index in [1.165, 1.54) is 0 Å². The van der Waals surface area contributed by atoms with Gasteiger partial charge >= 0.3 is 6.18 Å². The maximum Gasteiger partial charge on any atom is 0.391 e. The first-order valence-electron chi connectivity index (χ1n) is 7.97. The van der Waals surface area contributed by atoms with E-state index in [-0.39, 0.29) is 24.8 Å². The third kappa shape index (κ3) is 2.91. The van der Waals surface area contributed by atoms with Crippen molar-refractivity contribution in [3.63, 3.8) is 0 Å². The van der Waals surface area contributed by atoms with Crippen LogP contribution in [-0.2, 0) is 4.79 Å². The third-order valence-electron chi connectivity index (χ3n) is 5.71. The number of carbonyl (C=O) groups is 1. The molecule has 21 heavy (non-hydrogen) atoms. The van der Waals surface area contributed by atoms with E-state index in [0.717, 1.165) is 12.8 Å². The number of carbonyl (C=O) groups excluding carboxylic acids is 1. The van der Waals surface area contributed by atoms with Crippen LogP contribution in [0.15, 0.2) is 0 Å². The fourth-order valence-electron chi connectivity index (χ4n) is 4.46. The van der Waals surface area contributed by atoms with Crippen molar-refractivity contribution in [3.05, 3.63) is 0 Å². The van der Waals surface area contributed by atoms with Gasteiger partial charge in [0.1, 0.15) is 0 Å². The molecular formula is C15H23F3N2O. The van der Waals surface area contributed by atoms with Gasteiger partial charge in [0.2, 0.25) is 5.91 Å². The van der Waals surface area contributed by atoms with Crippen molar-refractivity contribution < 1.29 is 18.0 Å². The van der Waals surface area contributed by atoms with E-state index in [4.69, 9.17) is 5.73 Å². The first-order valence-corrected chi connectivity index (χ1v) is 7.97. The maximum absolute atomic E-state index is 12.9. The number of rotatable bonds is 1. The van der Waals surface area contributed by atoms with Crippen LogP contribution in [0.25, 0.3) is 0 Å². The van der Waals surface area contributed by atoms with Gasteiger partial charge in [-0.3, -0.25) is 4.79 Å². The Morgan fingerprint density at radius 1 is 1.10 bits per heavy atom. The van der Waals surface area contributed by atoms with E-state index < -0.39 is 18.0 Å². The summed E-state index contributed by atoms with van der Waals surface area (Å²) in [4.78, 5) is 14.3. The largest absolute Gasteiger partial charge is 0.391 e. The monoisotopic (exact) mass is 304 g/mol. The summed E-state index contributed by atoms with van der Waals surface area (Å²) in [6.45, 7) is 1.35. The van der Waals surface area contributed by atoms with Crippen molar-refractivity contribution in [3.8, 4) is 0 Å². The smallest absolute Gasteiger partial charge is 0.342 e. The third-order valence-corrected chi connectivity index (χ3v) is 5.71. The van der Waals surface area contributed by atoms with Crippen molar-refractivity contribution in [2.24, 2.45) is 29.4 Å². The van der Waals surface area contributed by atoms with E-state index in [9.17, 15) is 18.0 Å². The minimum atomic E-state index is -4.16. The van der Waals surface area contributed by atoms with E-state index in [1.807, 2.05) is 0 Å². The van der Waals surface area contributed by atoms with Crippen LogP contribution in [0.5, 0.6) is 0 Å². The SMILES string of the molecule is NC1CCC2CN(C(=O)C3CCCC(C(F)(F)F)C3)CC12. The molecule has 3 fully saturated rings. The lowest BCUT2D eigenvalue weighted by Crippen LogP contribution is -2.40. The van der Waals surface area contributed by atoms with Crippen molar-refractivity contribution in [2.75, 3.05) is 13.1 Å². The van der Waals surface area contributed by atoms with E-state index in [0.29, 0.717) is 37.8 Å². The fourth-order valence-corrected chi connectivity index (χ4v) is 4.46. The molecule has 1 heterocycles. The van der Waals surface area contributed by atoms with Gasteiger partial charge in [-0.05, 0) is 43.9 Å². The maximum atomic E-state index is 12.9. The average Bonchev–Trinajstić information content (AvgIpc) is 3.00. The Balaban J connectivity index is 1.61. The summed E-state index contributed by atoms with van der Waals surface area (Å²) >= 11 is 0. The Bertz CT molecular complexity index is 412. The van der Waals surface area contributed by atoms with Crippen LogP contribution in [0, 0.1) is 23.7 Å². The molecule has 2 aliphatic carbocycles. The van der Waals surface area contributed by atoms with Gasteiger partial charge in [0.25, 0.3) is 0 Å². The van der Waals surface area contributed by atoms with Crippen LogP contribution in [0.3, 0.4) is 0 Å². The van der Waals surface area contributed by atoms with Crippen LogP contribution in [0.4, 0.5) is 13.2 Å². The molecule has 2 N–H and O–H groups in total. The minimum absolute atomic E-state index is 0.0276. The molecule has 5 unspecified atom stereocenters. The standard InChI is InChI=1S/C15H23F3N2O/c16-15(17,18)11-3-1-2-9(6-11)14(21)20-7-10-4-5-13(19)12(10)8-20/h9-13H,1-8,19H2. The first-order chi connectivity index (χ1) is 9.86. The molecule has 1 saturated heterocycles. The van der Waals surface area contributed by atoms with Crippen LogP contribution in [0.2, 0.25) is 0 Å². The Morgan fingerprint density at radius 2 is 1.86 bits per heavy atom. The van der Waals surface area contributed by atoms with Gasteiger partial charge in [0.05, 0.1) is 5.92 Å². The zero-order valence-corrected chi connectivity index (χ0v) is 12.1. The Hall–Kier alpha value is -0.780. The molecule has 5 atom stereocenters. The van der Waals surface area contributed by atoms with Crippen LogP contribution >= 0.6 is 0 Å². The van der Waals surface area contributed by atoms with Crippen molar-refractivity contribution >= 4 is 5.91 Å². The molecule has 0 aromatic carbocycles. The number of fused-ring (bicyclic) bond motifs is 1. The number of alkyl halides is 3.